The smallest absolute Gasteiger partial charge is 0.242 e. The highest BCUT2D eigenvalue weighted by atomic mass is 127. The molecule has 0 aliphatic heterocycles. The number of carbonyl (C=O) groups excluding carboxylic acids is 1. The van der Waals surface area contributed by atoms with Gasteiger partial charge in [0.25, 0.3) is 0 Å². The van der Waals surface area contributed by atoms with Crippen molar-refractivity contribution in [1.82, 2.24) is 10.1 Å². The second kappa shape index (κ2) is 12.1. The van der Waals surface area contributed by atoms with Crippen LogP contribution in [0, 0.1) is 14.1 Å². The van der Waals surface area contributed by atoms with Crippen LogP contribution < -0.4 is 14.9 Å². The van der Waals surface area contributed by atoms with Crippen LogP contribution in [0.1, 0.15) is 29.2 Å². The molecule has 0 radical (unpaired) electrons. The molecule has 0 saturated carbocycles. The molecule has 1 amide bonds. The lowest BCUT2D eigenvalue weighted by atomic mass is 10.0. The Bertz CT molecular complexity index is 1260. The minimum atomic E-state index is -3.83. The van der Waals surface area contributed by atoms with Crippen LogP contribution in [0.2, 0.25) is 0 Å². The molecule has 0 heterocycles. The Morgan fingerprint density at radius 3 is 2.26 bits per heavy atom. The highest BCUT2D eigenvalue weighted by Crippen LogP contribution is 2.28. The predicted molar refractivity (Wildman–Crippen MR) is 149 cm³/mol. The zero-order chi connectivity index (χ0) is 24.7. The number of halogens is 2. The highest BCUT2D eigenvalue weighted by molar-refractivity contribution is 14.1. The van der Waals surface area contributed by atoms with E-state index in [1.165, 1.54) is 6.21 Å². The van der Waals surface area contributed by atoms with Crippen molar-refractivity contribution >= 4 is 67.3 Å². The summed E-state index contributed by atoms with van der Waals surface area (Å²) in [6.07, 6.45) is 1.42. The number of hydrogen-bond donors (Lipinski definition) is 2. The largest absolute Gasteiger partial charge is 0.495 e. The van der Waals surface area contributed by atoms with Crippen molar-refractivity contribution in [2.24, 2.45) is 5.10 Å². The molecule has 0 saturated heterocycles. The molecule has 0 spiro atoms. The van der Waals surface area contributed by atoms with Crippen LogP contribution in [0.5, 0.6) is 5.75 Å². The fourth-order valence-electron chi connectivity index (χ4n) is 3.14. The molecule has 0 bridgehead atoms. The number of benzene rings is 3. The van der Waals surface area contributed by atoms with Crippen LogP contribution in [0.4, 0.5) is 0 Å². The van der Waals surface area contributed by atoms with E-state index in [1.54, 1.807) is 55.6 Å². The molecule has 178 valence electrons. The Labute approximate surface area is 226 Å². The number of rotatable bonds is 9. The molecule has 10 heteroatoms. The molecule has 3 aromatic carbocycles. The normalized spacial score (nSPS) is 12.5. The van der Waals surface area contributed by atoms with Crippen LogP contribution in [0.25, 0.3) is 0 Å². The van der Waals surface area contributed by atoms with E-state index in [-0.39, 0.29) is 11.3 Å². The Balaban J connectivity index is 1.73. The average molecular weight is 703 g/mol. The summed E-state index contributed by atoms with van der Waals surface area (Å²) in [5.74, 6) is 0.364. The van der Waals surface area contributed by atoms with Gasteiger partial charge in [-0.1, -0.05) is 48.0 Å². The number of hydrazone groups is 1. The zero-order valence-electron chi connectivity index (χ0n) is 18.5. The van der Waals surface area contributed by atoms with E-state index < -0.39 is 22.0 Å². The van der Waals surface area contributed by atoms with E-state index in [1.807, 2.05) is 25.1 Å². The third-order valence-corrected chi connectivity index (χ3v) is 7.94. The van der Waals surface area contributed by atoms with Gasteiger partial charge >= 0.3 is 0 Å². The average Bonchev–Trinajstić information content (AvgIpc) is 2.79. The summed E-state index contributed by atoms with van der Waals surface area (Å²) in [4.78, 5) is 12.8. The highest BCUT2D eigenvalue weighted by Gasteiger charge is 2.23. The molecule has 0 unspecified atom stereocenters. The number of methoxy groups -OCH3 is 1. The van der Waals surface area contributed by atoms with Gasteiger partial charge in [-0.05, 0) is 87.5 Å². The summed E-state index contributed by atoms with van der Waals surface area (Å²) in [5, 5.41) is 4.04. The van der Waals surface area contributed by atoms with Gasteiger partial charge in [0.1, 0.15) is 5.75 Å². The van der Waals surface area contributed by atoms with Gasteiger partial charge in [0, 0.05) is 6.42 Å². The molecule has 0 aromatic heterocycles. The van der Waals surface area contributed by atoms with Crippen LogP contribution in [-0.2, 0) is 14.8 Å². The molecule has 3 rings (SSSR count). The summed E-state index contributed by atoms with van der Waals surface area (Å²) in [7, 11) is -2.22. The number of carbonyl (C=O) groups is 1. The van der Waals surface area contributed by atoms with Gasteiger partial charge in [0.05, 0.1) is 31.4 Å². The number of aryl methyl sites for hydroxylation is 1. The van der Waals surface area contributed by atoms with E-state index in [9.17, 15) is 13.2 Å². The molecule has 7 nitrogen and oxygen atoms in total. The van der Waals surface area contributed by atoms with E-state index in [4.69, 9.17) is 4.74 Å². The standard InChI is InChI=1S/C24H23I2N3O4S/c1-16-8-10-19(11-9-16)34(31,32)29-22(18-6-4-3-5-7-18)14-23(30)28-27-15-17-12-20(25)24(33-2)21(26)13-17/h3-13,15,22,29H,14H2,1-2H3,(H,28,30)/b27-15-/t22-/m0/s1. The molecule has 34 heavy (non-hydrogen) atoms. The number of nitrogens with one attached hydrogen (secondary N) is 2. The van der Waals surface area contributed by atoms with Crippen LogP contribution in [0.3, 0.4) is 0 Å². The van der Waals surface area contributed by atoms with Crippen molar-refractivity contribution < 1.29 is 17.9 Å². The maximum atomic E-state index is 12.9. The van der Waals surface area contributed by atoms with Gasteiger partial charge in [-0.3, -0.25) is 4.79 Å². The van der Waals surface area contributed by atoms with Crippen LogP contribution in [-0.4, -0.2) is 27.6 Å². The second-order valence-electron chi connectivity index (χ2n) is 7.41. The maximum Gasteiger partial charge on any atom is 0.242 e. The minimum absolute atomic E-state index is 0.121. The Hall–Kier alpha value is -2.03. The fourth-order valence-corrected chi connectivity index (χ4v) is 6.63. The van der Waals surface area contributed by atoms with E-state index in [0.717, 1.165) is 24.0 Å². The zero-order valence-corrected chi connectivity index (χ0v) is 23.6. The van der Waals surface area contributed by atoms with E-state index >= 15 is 0 Å². The number of nitrogens with zero attached hydrogens (tertiary/aromatic N) is 1. The molecule has 3 aromatic rings. The van der Waals surface area contributed by atoms with Crippen molar-refractivity contribution in [2.45, 2.75) is 24.3 Å². The first-order chi connectivity index (χ1) is 16.2. The molecular weight excluding hydrogens is 680 g/mol. The monoisotopic (exact) mass is 703 g/mol. The summed E-state index contributed by atoms with van der Waals surface area (Å²) in [5.41, 5.74) is 4.92. The van der Waals surface area contributed by atoms with E-state index in [2.05, 4.69) is 60.4 Å². The third kappa shape index (κ3) is 7.23. The molecule has 2 N–H and O–H groups in total. The first-order valence-corrected chi connectivity index (χ1v) is 13.8. The van der Waals surface area contributed by atoms with Crippen LogP contribution >= 0.6 is 45.2 Å². The second-order valence-corrected chi connectivity index (χ2v) is 11.5. The molecule has 0 aliphatic rings. The van der Waals surface area contributed by atoms with E-state index in [0.29, 0.717) is 5.56 Å². The van der Waals surface area contributed by atoms with Crippen molar-refractivity contribution in [3.63, 3.8) is 0 Å². The van der Waals surface area contributed by atoms with Crippen molar-refractivity contribution in [3.05, 3.63) is 90.6 Å². The van der Waals surface area contributed by atoms with Crippen molar-refractivity contribution in [1.29, 1.82) is 0 Å². The number of amides is 1. The summed E-state index contributed by atoms with van der Waals surface area (Å²) in [6.45, 7) is 1.88. The molecule has 0 aliphatic carbocycles. The maximum absolute atomic E-state index is 12.9. The number of sulfonamides is 1. The van der Waals surface area contributed by atoms with Crippen molar-refractivity contribution in [2.75, 3.05) is 7.11 Å². The lowest BCUT2D eigenvalue weighted by Crippen LogP contribution is -2.32. The van der Waals surface area contributed by atoms with Crippen molar-refractivity contribution in [3.8, 4) is 5.75 Å². The van der Waals surface area contributed by atoms with Gasteiger partial charge in [0.15, 0.2) is 0 Å². The summed E-state index contributed by atoms with van der Waals surface area (Å²) < 4.78 is 35.7. The number of ether oxygens (including phenoxy) is 1. The lowest BCUT2D eigenvalue weighted by molar-refractivity contribution is -0.121. The van der Waals surface area contributed by atoms with Crippen LogP contribution in [0.15, 0.2) is 76.7 Å². The summed E-state index contributed by atoms with van der Waals surface area (Å²) in [6, 6.07) is 18.5. The first-order valence-electron chi connectivity index (χ1n) is 10.2. The summed E-state index contributed by atoms with van der Waals surface area (Å²) >= 11 is 4.35. The Kier molecular flexibility index (Phi) is 9.45. The molecular formula is C24H23I2N3O4S. The van der Waals surface area contributed by atoms with Gasteiger partial charge in [-0.2, -0.15) is 5.10 Å². The topological polar surface area (TPSA) is 96.9 Å². The number of hydrogen-bond acceptors (Lipinski definition) is 5. The van der Waals surface area contributed by atoms with Gasteiger partial charge < -0.3 is 4.74 Å². The minimum Gasteiger partial charge on any atom is -0.495 e. The van der Waals surface area contributed by atoms with Gasteiger partial charge in [-0.25, -0.2) is 18.6 Å². The Morgan fingerprint density at radius 2 is 1.68 bits per heavy atom. The van der Waals surface area contributed by atoms with Gasteiger partial charge in [-0.15, -0.1) is 0 Å². The molecule has 1 atom stereocenters. The Morgan fingerprint density at radius 1 is 1.06 bits per heavy atom. The quantitative estimate of drug-likeness (QED) is 0.191. The fraction of sp³-hybridized carbons (Fsp3) is 0.167. The SMILES string of the molecule is COc1c(I)cc(/C=N\NC(=O)C[C@H](NS(=O)(=O)c2ccc(C)cc2)c2ccccc2)cc1I. The van der Waals surface area contributed by atoms with Gasteiger partial charge in [0.2, 0.25) is 15.9 Å². The first kappa shape index (κ1) is 26.6. The predicted octanol–water partition coefficient (Wildman–Crippen LogP) is 4.77. The third-order valence-electron chi connectivity index (χ3n) is 4.85. The molecule has 0 fully saturated rings. The lowest BCUT2D eigenvalue weighted by Gasteiger charge is -2.18.